The molecule has 0 saturated carbocycles. The zero-order valence-corrected chi connectivity index (χ0v) is 10.3. The molecule has 3 amide bonds. The second kappa shape index (κ2) is 6.28. The van der Waals surface area contributed by atoms with Crippen LogP contribution >= 0.6 is 0 Å². The summed E-state index contributed by atoms with van der Waals surface area (Å²) in [6, 6.07) is -1.21. The molecule has 102 valence electrons. The number of imide groups is 1. The van der Waals surface area contributed by atoms with Gasteiger partial charge in [0.05, 0.1) is 6.04 Å². The number of aromatic nitrogens is 3. The largest absolute Gasteiger partial charge is 0.478 e. The summed E-state index contributed by atoms with van der Waals surface area (Å²) < 4.78 is 1.62. The summed E-state index contributed by atoms with van der Waals surface area (Å²) in [6.45, 7) is 1.67. The first-order valence-corrected chi connectivity index (χ1v) is 5.26. The fraction of sp³-hybridized carbons (Fsp3) is 0.300. The number of nitrogens with one attached hydrogen (secondary N) is 2. The number of carbonyl (C=O) groups excluding carboxylic acids is 2. The van der Waals surface area contributed by atoms with E-state index in [1.54, 1.807) is 18.5 Å². The van der Waals surface area contributed by atoms with Gasteiger partial charge in [0.1, 0.15) is 6.33 Å². The molecule has 1 heterocycles. The zero-order chi connectivity index (χ0) is 14.4. The maximum atomic E-state index is 11.4. The van der Waals surface area contributed by atoms with Gasteiger partial charge in [0.15, 0.2) is 5.82 Å². The Kier molecular flexibility index (Phi) is 4.75. The number of aliphatic carboxylic acids is 1. The Morgan fingerprint density at radius 2 is 2.11 bits per heavy atom. The fourth-order valence-electron chi connectivity index (χ4n) is 1.28. The summed E-state index contributed by atoms with van der Waals surface area (Å²) >= 11 is 0. The van der Waals surface area contributed by atoms with Crippen LogP contribution in [0.5, 0.6) is 0 Å². The van der Waals surface area contributed by atoms with Crippen molar-refractivity contribution < 1.29 is 19.5 Å². The van der Waals surface area contributed by atoms with E-state index in [2.05, 4.69) is 15.5 Å². The van der Waals surface area contributed by atoms with Crippen LogP contribution in [0.25, 0.3) is 0 Å². The molecule has 0 spiro atoms. The lowest BCUT2D eigenvalue weighted by Gasteiger charge is -2.12. The monoisotopic (exact) mass is 267 g/mol. The predicted molar refractivity (Wildman–Crippen MR) is 62.9 cm³/mol. The molecule has 0 radical (unpaired) electrons. The Hall–Kier alpha value is -2.71. The van der Waals surface area contributed by atoms with Crippen LogP contribution in [0.15, 0.2) is 18.5 Å². The maximum absolute atomic E-state index is 11.4. The molecule has 1 rings (SSSR count). The lowest BCUT2D eigenvalue weighted by Crippen LogP contribution is -2.40. The van der Waals surface area contributed by atoms with Crippen molar-refractivity contribution in [3.05, 3.63) is 24.3 Å². The van der Waals surface area contributed by atoms with E-state index in [1.807, 2.05) is 5.32 Å². The molecule has 0 bridgehead atoms. The zero-order valence-electron chi connectivity index (χ0n) is 10.3. The van der Waals surface area contributed by atoms with E-state index in [1.165, 1.54) is 6.33 Å². The van der Waals surface area contributed by atoms with Gasteiger partial charge < -0.3 is 15.0 Å². The topological polar surface area (TPSA) is 126 Å². The third-order valence-corrected chi connectivity index (χ3v) is 2.10. The van der Waals surface area contributed by atoms with Gasteiger partial charge in [0.2, 0.25) is 0 Å². The molecule has 1 aromatic rings. The minimum absolute atomic E-state index is 0.455. The number of carboxylic acid groups (broad SMARTS) is 1. The fourth-order valence-corrected chi connectivity index (χ4v) is 1.28. The van der Waals surface area contributed by atoms with Crippen molar-refractivity contribution in [1.29, 1.82) is 0 Å². The molecule has 9 nitrogen and oxygen atoms in total. The van der Waals surface area contributed by atoms with E-state index in [9.17, 15) is 14.4 Å². The minimum atomic E-state index is -1.27. The number of hydrogen-bond acceptors (Lipinski definition) is 5. The molecular formula is C10H13N5O4. The van der Waals surface area contributed by atoms with Crippen molar-refractivity contribution in [3.8, 4) is 0 Å². The van der Waals surface area contributed by atoms with E-state index in [0.717, 1.165) is 6.08 Å². The molecule has 0 aliphatic heterocycles. The number of amides is 3. The third kappa shape index (κ3) is 4.58. The summed E-state index contributed by atoms with van der Waals surface area (Å²) in [5.41, 5.74) is 0. The highest BCUT2D eigenvalue weighted by atomic mass is 16.4. The van der Waals surface area contributed by atoms with Gasteiger partial charge in [-0.05, 0) is 6.92 Å². The normalized spacial score (nSPS) is 12.1. The summed E-state index contributed by atoms with van der Waals surface area (Å²) in [7, 11) is 1.71. The van der Waals surface area contributed by atoms with Gasteiger partial charge in [-0.3, -0.25) is 10.1 Å². The van der Waals surface area contributed by atoms with Crippen LogP contribution < -0.4 is 10.6 Å². The molecule has 1 aromatic heterocycles. The molecule has 1 unspecified atom stereocenters. The molecule has 3 N–H and O–H groups in total. The Labute approximate surface area is 108 Å². The number of hydrogen-bond donors (Lipinski definition) is 3. The number of nitrogens with zero attached hydrogens (tertiary/aromatic N) is 3. The van der Waals surface area contributed by atoms with Crippen LogP contribution in [-0.2, 0) is 16.6 Å². The van der Waals surface area contributed by atoms with Gasteiger partial charge in [0.25, 0.3) is 5.91 Å². The van der Waals surface area contributed by atoms with Crippen LogP contribution in [0.3, 0.4) is 0 Å². The first-order valence-electron chi connectivity index (χ1n) is 5.26. The number of carboxylic acids is 1. The number of aryl methyl sites for hydroxylation is 1. The van der Waals surface area contributed by atoms with E-state index in [4.69, 9.17) is 5.11 Å². The number of rotatable bonds is 4. The first kappa shape index (κ1) is 14.4. The van der Waals surface area contributed by atoms with Crippen molar-refractivity contribution in [2.24, 2.45) is 7.05 Å². The molecule has 0 aliphatic rings. The molecule has 0 saturated heterocycles. The second-order valence-electron chi connectivity index (χ2n) is 3.66. The van der Waals surface area contributed by atoms with Crippen LogP contribution in [-0.4, -0.2) is 37.8 Å². The SMILES string of the molecule is CC(NC(=O)NC(=O)/C=C/C(=O)O)c1nncn1C. The highest BCUT2D eigenvalue weighted by molar-refractivity contribution is 6.02. The third-order valence-electron chi connectivity index (χ3n) is 2.10. The average molecular weight is 267 g/mol. The van der Waals surface area contributed by atoms with E-state index < -0.39 is 23.9 Å². The van der Waals surface area contributed by atoms with E-state index in [0.29, 0.717) is 11.9 Å². The molecule has 0 aliphatic carbocycles. The molecule has 0 fully saturated rings. The minimum Gasteiger partial charge on any atom is -0.478 e. The van der Waals surface area contributed by atoms with E-state index in [-0.39, 0.29) is 0 Å². The van der Waals surface area contributed by atoms with Gasteiger partial charge in [-0.2, -0.15) is 0 Å². The van der Waals surface area contributed by atoms with Crippen molar-refractivity contribution in [2.75, 3.05) is 0 Å². The molecule has 19 heavy (non-hydrogen) atoms. The van der Waals surface area contributed by atoms with Crippen LogP contribution in [0, 0.1) is 0 Å². The summed E-state index contributed by atoms with van der Waals surface area (Å²) in [5.74, 6) is -1.59. The predicted octanol–water partition coefficient (Wildman–Crippen LogP) is -0.657. The van der Waals surface area contributed by atoms with Gasteiger partial charge in [-0.15, -0.1) is 10.2 Å². The Morgan fingerprint density at radius 1 is 1.42 bits per heavy atom. The molecular weight excluding hydrogens is 254 g/mol. The van der Waals surface area contributed by atoms with Crippen LogP contribution in [0.2, 0.25) is 0 Å². The molecule has 9 heteroatoms. The highest BCUT2D eigenvalue weighted by Crippen LogP contribution is 2.06. The van der Waals surface area contributed by atoms with Crippen LogP contribution in [0.1, 0.15) is 18.8 Å². The number of urea groups is 1. The van der Waals surface area contributed by atoms with Gasteiger partial charge >= 0.3 is 12.0 Å². The second-order valence-corrected chi connectivity index (χ2v) is 3.66. The average Bonchev–Trinajstić information content (AvgIpc) is 2.72. The maximum Gasteiger partial charge on any atom is 0.328 e. The van der Waals surface area contributed by atoms with Gasteiger partial charge in [0, 0.05) is 19.2 Å². The summed E-state index contributed by atoms with van der Waals surface area (Å²) in [4.78, 5) is 32.7. The van der Waals surface area contributed by atoms with Crippen molar-refractivity contribution in [3.63, 3.8) is 0 Å². The van der Waals surface area contributed by atoms with Gasteiger partial charge in [-0.1, -0.05) is 0 Å². The van der Waals surface area contributed by atoms with Crippen LogP contribution in [0.4, 0.5) is 4.79 Å². The highest BCUT2D eigenvalue weighted by Gasteiger charge is 2.14. The lowest BCUT2D eigenvalue weighted by molar-refractivity contribution is -0.131. The summed E-state index contributed by atoms with van der Waals surface area (Å²) in [5, 5.41) is 20.2. The standard InChI is InChI=1S/C10H13N5O4/c1-6(9-14-11-5-15(9)2)12-10(19)13-7(16)3-4-8(17)18/h3-6H,1-2H3,(H,17,18)(H2,12,13,16,19)/b4-3+. The smallest absolute Gasteiger partial charge is 0.328 e. The van der Waals surface area contributed by atoms with Crippen molar-refractivity contribution >= 4 is 17.9 Å². The summed E-state index contributed by atoms with van der Waals surface area (Å²) in [6.07, 6.45) is 2.86. The Balaban J connectivity index is 2.50. The van der Waals surface area contributed by atoms with Crippen molar-refractivity contribution in [2.45, 2.75) is 13.0 Å². The first-order chi connectivity index (χ1) is 8.90. The Morgan fingerprint density at radius 3 is 2.63 bits per heavy atom. The lowest BCUT2D eigenvalue weighted by atomic mass is 10.3. The van der Waals surface area contributed by atoms with Gasteiger partial charge in [-0.25, -0.2) is 9.59 Å². The number of carbonyl (C=O) groups is 3. The molecule has 1 atom stereocenters. The Bertz CT molecular complexity index is 522. The quantitative estimate of drug-likeness (QED) is 0.622. The van der Waals surface area contributed by atoms with E-state index >= 15 is 0 Å². The van der Waals surface area contributed by atoms with Crippen molar-refractivity contribution in [1.82, 2.24) is 25.4 Å². The molecule has 0 aromatic carbocycles.